The van der Waals surface area contributed by atoms with Crippen molar-refractivity contribution in [3.05, 3.63) is 10.0 Å². The summed E-state index contributed by atoms with van der Waals surface area (Å²) in [6, 6.07) is 0.726. The van der Waals surface area contributed by atoms with Gasteiger partial charge in [0.05, 0.1) is 6.10 Å². The summed E-state index contributed by atoms with van der Waals surface area (Å²) < 4.78 is 5.47. The molecule has 1 aliphatic rings. The van der Waals surface area contributed by atoms with Crippen LogP contribution >= 0.6 is 11.3 Å². The number of nitrogens with one attached hydrogen (secondary N) is 1. The average Bonchev–Trinajstić information content (AvgIpc) is 2.92. The first-order chi connectivity index (χ1) is 7.24. The van der Waals surface area contributed by atoms with Gasteiger partial charge in [0.1, 0.15) is 16.6 Å². The van der Waals surface area contributed by atoms with E-state index in [9.17, 15) is 0 Å². The van der Waals surface area contributed by atoms with Crippen molar-refractivity contribution in [1.29, 1.82) is 0 Å². The van der Waals surface area contributed by atoms with Crippen molar-refractivity contribution >= 4 is 11.3 Å². The summed E-state index contributed by atoms with van der Waals surface area (Å²) in [6.45, 7) is 5.48. The number of aromatic nitrogens is 2. The van der Waals surface area contributed by atoms with Gasteiger partial charge in [-0.2, -0.15) is 0 Å². The van der Waals surface area contributed by atoms with Gasteiger partial charge in [0, 0.05) is 12.6 Å². The van der Waals surface area contributed by atoms with Gasteiger partial charge in [0.2, 0.25) is 0 Å². The van der Waals surface area contributed by atoms with Crippen molar-refractivity contribution < 1.29 is 4.74 Å². The monoisotopic (exact) mass is 227 g/mol. The minimum atomic E-state index is 0.252. The summed E-state index contributed by atoms with van der Waals surface area (Å²) in [7, 11) is 0. The highest BCUT2D eigenvalue weighted by Crippen LogP contribution is 2.20. The van der Waals surface area contributed by atoms with E-state index in [4.69, 9.17) is 4.74 Å². The molecule has 1 fully saturated rings. The molecule has 84 valence electrons. The van der Waals surface area contributed by atoms with E-state index >= 15 is 0 Å². The molecule has 4 nitrogen and oxygen atoms in total. The zero-order chi connectivity index (χ0) is 10.7. The van der Waals surface area contributed by atoms with Crippen molar-refractivity contribution in [1.82, 2.24) is 15.5 Å². The molecule has 0 aliphatic heterocycles. The molecule has 1 N–H and O–H groups in total. The third kappa shape index (κ3) is 3.85. The van der Waals surface area contributed by atoms with Gasteiger partial charge in [-0.25, -0.2) is 0 Å². The maximum Gasteiger partial charge on any atom is 0.143 e. The van der Waals surface area contributed by atoms with Gasteiger partial charge in [0.15, 0.2) is 0 Å². The van der Waals surface area contributed by atoms with Crippen LogP contribution in [0.4, 0.5) is 0 Å². The topological polar surface area (TPSA) is 47.0 Å². The maximum absolute atomic E-state index is 5.47. The number of hydrogen-bond acceptors (Lipinski definition) is 5. The minimum Gasteiger partial charge on any atom is -0.372 e. The van der Waals surface area contributed by atoms with Gasteiger partial charge in [-0.05, 0) is 26.7 Å². The van der Waals surface area contributed by atoms with Crippen LogP contribution in [0.1, 0.15) is 36.7 Å². The Morgan fingerprint density at radius 1 is 1.40 bits per heavy atom. The van der Waals surface area contributed by atoms with Crippen LogP contribution in [-0.2, 0) is 17.9 Å². The standard InChI is InChI=1S/C10H17N3OS/c1-7(2)14-6-10-13-12-9(15-10)5-11-8-3-4-8/h7-8,11H,3-6H2,1-2H3. The Morgan fingerprint density at radius 3 is 2.80 bits per heavy atom. The Kier molecular flexibility index (Phi) is 3.66. The molecule has 0 spiro atoms. The molecular formula is C10H17N3OS. The average molecular weight is 227 g/mol. The van der Waals surface area contributed by atoms with Gasteiger partial charge in [-0.15, -0.1) is 10.2 Å². The quantitative estimate of drug-likeness (QED) is 0.803. The molecule has 1 heterocycles. The fourth-order valence-corrected chi connectivity index (χ4v) is 1.89. The van der Waals surface area contributed by atoms with Gasteiger partial charge < -0.3 is 10.1 Å². The van der Waals surface area contributed by atoms with E-state index < -0.39 is 0 Å². The largest absolute Gasteiger partial charge is 0.372 e. The van der Waals surface area contributed by atoms with Crippen LogP contribution in [0, 0.1) is 0 Å². The highest BCUT2D eigenvalue weighted by Gasteiger charge is 2.20. The van der Waals surface area contributed by atoms with Crippen LogP contribution in [0.25, 0.3) is 0 Å². The fourth-order valence-electron chi connectivity index (χ4n) is 1.18. The highest BCUT2D eigenvalue weighted by molar-refractivity contribution is 7.11. The van der Waals surface area contributed by atoms with E-state index in [1.54, 1.807) is 11.3 Å². The molecule has 1 aromatic rings. The first kappa shape index (κ1) is 11.0. The van der Waals surface area contributed by atoms with Crippen molar-refractivity contribution in [2.24, 2.45) is 0 Å². The van der Waals surface area contributed by atoms with E-state index in [0.29, 0.717) is 6.61 Å². The second kappa shape index (κ2) is 5.01. The molecular weight excluding hydrogens is 210 g/mol. The molecule has 0 aromatic carbocycles. The first-order valence-corrected chi connectivity index (χ1v) is 6.22. The second-order valence-corrected chi connectivity index (χ2v) is 5.25. The smallest absolute Gasteiger partial charge is 0.143 e. The molecule has 0 radical (unpaired) electrons. The zero-order valence-electron chi connectivity index (χ0n) is 9.19. The second-order valence-electron chi connectivity index (χ2n) is 4.10. The Balaban J connectivity index is 1.75. The molecule has 5 heteroatoms. The highest BCUT2D eigenvalue weighted by atomic mass is 32.1. The van der Waals surface area contributed by atoms with E-state index in [1.807, 2.05) is 13.8 Å². The third-order valence-corrected chi connectivity index (χ3v) is 3.06. The van der Waals surface area contributed by atoms with Crippen molar-refractivity contribution in [2.75, 3.05) is 0 Å². The molecule has 1 aromatic heterocycles. The lowest BCUT2D eigenvalue weighted by atomic mass is 10.5. The molecule has 1 aliphatic carbocycles. The number of nitrogens with zero attached hydrogens (tertiary/aromatic N) is 2. The van der Waals surface area contributed by atoms with Gasteiger partial charge in [-0.1, -0.05) is 11.3 Å². The summed E-state index contributed by atoms with van der Waals surface area (Å²) >= 11 is 1.63. The summed E-state index contributed by atoms with van der Waals surface area (Å²) in [5, 5.41) is 13.7. The van der Waals surface area contributed by atoms with Crippen LogP contribution in [0.2, 0.25) is 0 Å². The summed E-state index contributed by atoms with van der Waals surface area (Å²) in [5.74, 6) is 0. The predicted octanol–water partition coefficient (Wildman–Crippen LogP) is 1.72. The van der Waals surface area contributed by atoms with E-state index in [2.05, 4.69) is 15.5 Å². The lowest BCUT2D eigenvalue weighted by Crippen LogP contribution is -2.14. The minimum absolute atomic E-state index is 0.252. The van der Waals surface area contributed by atoms with Crippen LogP contribution in [0.5, 0.6) is 0 Å². The van der Waals surface area contributed by atoms with E-state index in [0.717, 1.165) is 22.6 Å². The molecule has 0 amide bonds. The van der Waals surface area contributed by atoms with Gasteiger partial charge in [-0.3, -0.25) is 0 Å². The molecule has 15 heavy (non-hydrogen) atoms. The molecule has 0 saturated heterocycles. The summed E-state index contributed by atoms with van der Waals surface area (Å²) in [4.78, 5) is 0. The summed E-state index contributed by atoms with van der Waals surface area (Å²) in [6.07, 6.45) is 2.87. The van der Waals surface area contributed by atoms with Crippen LogP contribution in [-0.4, -0.2) is 22.3 Å². The Bertz CT molecular complexity index is 289. The van der Waals surface area contributed by atoms with Crippen molar-refractivity contribution in [3.8, 4) is 0 Å². The maximum atomic E-state index is 5.47. The Hall–Kier alpha value is -0.520. The van der Waals surface area contributed by atoms with Crippen molar-refractivity contribution in [3.63, 3.8) is 0 Å². The Morgan fingerprint density at radius 2 is 2.13 bits per heavy atom. The lowest BCUT2D eigenvalue weighted by molar-refractivity contribution is 0.0652. The lowest BCUT2D eigenvalue weighted by Gasteiger charge is -2.03. The SMILES string of the molecule is CC(C)OCc1nnc(CNC2CC2)s1. The van der Waals surface area contributed by atoms with Crippen LogP contribution < -0.4 is 5.32 Å². The molecule has 0 bridgehead atoms. The Labute approximate surface area is 94.1 Å². The molecule has 2 rings (SSSR count). The fraction of sp³-hybridized carbons (Fsp3) is 0.800. The van der Waals surface area contributed by atoms with E-state index in [-0.39, 0.29) is 6.10 Å². The predicted molar refractivity (Wildman–Crippen MR) is 59.7 cm³/mol. The first-order valence-electron chi connectivity index (χ1n) is 5.40. The number of ether oxygens (including phenoxy) is 1. The number of rotatable bonds is 6. The third-order valence-electron chi connectivity index (χ3n) is 2.17. The molecule has 1 saturated carbocycles. The summed E-state index contributed by atoms with van der Waals surface area (Å²) in [5.41, 5.74) is 0. The van der Waals surface area contributed by atoms with Crippen molar-refractivity contribution in [2.45, 2.75) is 52.0 Å². The number of hydrogen-bond donors (Lipinski definition) is 1. The van der Waals surface area contributed by atoms with Gasteiger partial charge >= 0.3 is 0 Å². The van der Waals surface area contributed by atoms with Crippen LogP contribution in [0.15, 0.2) is 0 Å². The van der Waals surface area contributed by atoms with Crippen LogP contribution in [0.3, 0.4) is 0 Å². The van der Waals surface area contributed by atoms with E-state index in [1.165, 1.54) is 12.8 Å². The zero-order valence-corrected chi connectivity index (χ0v) is 10.0. The molecule has 0 unspecified atom stereocenters. The normalized spacial score (nSPS) is 16.2. The molecule has 0 atom stereocenters. The van der Waals surface area contributed by atoms with Gasteiger partial charge in [0.25, 0.3) is 0 Å².